The summed E-state index contributed by atoms with van der Waals surface area (Å²) in [6.45, 7) is 11.7. The summed E-state index contributed by atoms with van der Waals surface area (Å²) in [5.41, 5.74) is 0.382. The average molecular weight is 170 g/mol. The van der Waals surface area contributed by atoms with Gasteiger partial charge in [-0.1, -0.05) is 27.7 Å². The van der Waals surface area contributed by atoms with Crippen molar-refractivity contribution in [3.8, 4) is 0 Å². The first kappa shape index (κ1) is 11.5. The Morgan fingerprint density at radius 1 is 1.33 bits per heavy atom. The van der Waals surface area contributed by atoms with Gasteiger partial charge in [0, 0.05) is 6.42 Å². The molecule has 0 N–H and O–H groups in total. The molecule has 0 aromatic heterocycles. The molecule has 0 aliphatic rings. The fourth-order valence-corrected chi connectivity index (χ4v) is 0.878. The molecular weight excluding hydrogens is 148 g/mol. The van der Waals surface area contributed by atoms with Crippen LogP contribution < -0.4 is 0 Å². The minimum absolute atomic E-state index is 0.382. The predicted octanol–water partition coefficient (Wildman–Crippen LogP) is 3.75. The van der Waals surface area contributed by atoms with E-state index in [-0.39, 0.29) is 0 Å². The standard InChI is InChI=1S/C11H22O/c1-6-10(7-2)12-9-8-11(3,4)5/h6H,7-9H2,1-5H3/b10-6+. The third-order valence-corrected chi connectivity index (χ3v) is 1.81. The number of allylic oxidation sites excluding steroid dienone is 2. The van der Waals surface area contributed by atoms with E-state index in [1.807, 2.05) is 13.0 Å². The Labute approximate surface area is 76.8 Å². The van der Waals surface area contributed by atoms with E-state index in [1.165, 1.54) is 0 Å². The van der Waals surface area contributed by atoms with Crippen LogP contribution in [0.3, 0.4) is 0 Å². The van der Waals surface area contributed by atoms with E-state index in [9.17, 15) is 0 Å². The van der Waals surface area contributed by atoms with Gasteiger partial charge in [0.25, 0.3) is 0 Å². The average Bonchev–Trinajstić information content (AvgIpc) is 1.96. The summed E-state index contributed by atoms with van der Waals surface area (Å²) in [5, 5.41) is 0. The highest BCUT2D eigenvalue weighted by molar-refractivity contribution is 4.88. The van der Waals surface area contributed by atoms with Gasteiger partial charge in [-0.05, 0) is 24.8 Å². The minimum Gasteiger partial charge on any atom is -0.498 e. The van der Waals surface area contributed by atoms with Gasteiger partial charge in [-0.3, -0.25) is 0 Å². The molecule has 0 heterocycles. The second-order valence-corrected chi connectivity index (χ2v) is 4.27. The van der Waals surface area contributed by atoms with E-state index < -0.39 is 0 Å². The highest BCUT2D eigenvalue weighted by Crippen LogP contribution is 2.19. The summed E-state index contributed by atoms with van der Waals surface area (Å²) in [6, 6.07) is 0. The zero-order valence-electron chi connectivity index (χ0n) is 9.11. The maximum absolute atomic E-state index is 5.58. The molecule has 0 fully saturated rings. The molecule has 0 aliphatic carbocycles. The Hall–Kier alpha value is -0.460. The highest BCUT2D eigenvalue weighted by Gasteiger charge is 2.09. The van der Waals surface area contributed by atoms with E-state index >= 15 is 0 Å². The van der Waals surface area contributed by atoms with Crippen molar-refractivity contribution in [1.29, 1.82) is 0 Å². The van der Waals surface area contributed by atoms with Crippen molar-refractivity contribution in [2.24, 2.45) is 5.41 Å². The minimum atomic E-state index is 0.382. The number of ether oxygens (including phenoxy) is 1. The molecule has 0 atom stereocenters. The lowest BCUT2D eigenvalue weighted by Gasteiger charge is -2.18. The number of rotatable bonds is 4. The van der Waals surface area contributed by atoms with Crippen molar-refractivity contribution in [3.05, 3.63) is 11.8 Å². The highest BCUT2D eigenvalue weighted by atomic mass is 16.5. The van der Waals surface area contributed by atoms with E-state index in [0.29, 0.717) is 5.41 Å². The van der Waals surface area contributed by atoms with Crippen LogP contribution in [0.5, 0.6) is 0 Å². The first-order valence-electron chi connectivity index (χ1n) is 4.77. The van der Waals surface area contributed by atoms with E-state index in [1.54, 1.807) is 0 Å². The molecule has 0 rings (SSSR count). The van der Waals surface area contributed by atoms with Gasteiger partial charge < -0.3 is 4.74 Å². The van der Waals surface area contributed by atoms with Crippen LogP contribution in [0.2, 0.25) is 0 Å². The lowest BCUT2D eigenvalue weighted by molar-refractivity contribution is 0.165. The van der Waals surface area contributed by atoms with Crippen LogP contribution >= 0.6 is 0 Å². The molecule has 0 spiro atoms. The fraction of sp³-hybridized carbons (Fsp3) is 0.818. The summed E-state index contributed by atoms with van der Waals surface area (Å²) in [5.74, 6) is 1.11. The number of hydrogen-bond acceptors (Lipinski definition) is 1. The van der Waals surface area contributed by atoms with E-state index in [4.69, 9.17) is 4.74 Å². The molecule has 72 valence electrons. The van der Waals surface area contributed by atoms with Gasteiger partial charge in [0.1, 0.15) is 0 Å². The third kappa shape index (κ3) is 6.26. The van der Waals surface area contributed by atoms with Gasteiger partial charge in [0.05, 0.1) is 12.4 Å². The largest absolute Gasteiger partial charge is 0.498 e. The Bertz CT molecular complexity index is 140. The monoisotopic (exact) mass is 170 g/mol. The molecule has 0 amide bonds. The molecule has 0 aromatic carbocycles. The van der Waals surface area contributed by atoms with E-state index in [2.05, 4.69) is 27.7 Å². The van der Waals surface area contributed by atoms with Gasteiger partial charge in [-0.2, -0.15) is 0 Å². The molecule has 1 heteroatoms. The zero-order valence-corrected chi connectivity index (χ0v) is 9.11. The normalized spacial score (nSPS) is 13.2. The SMILES string of the molecule is C/C=C(\CC)OCCC(C)(C)C. The van der Waals surface area contributed by atoms with Crippen LogP contribution in [-0.2, 0) is 4.74 Å². The maximum Gasteiger partial charge on any atom is 0.0914 e. The topological polar surface area (TPSA) is 9.23 Å². The molecule has 12 heavy (non-hydrogen) atoms. The van der Waals surface area contributed by atoms with Crippen molar-refractivity contribution in [2.75, 3.05) is 6.61 Å². The zero-order chi connectivity index (χ0) is 9.61. The van der Waals surface area contributed by atoms with Crippen LogP contribution in [0.25, 0.3) is 0 Å². The summed E-state index contributed by atoms with van der Waals surface area (Å²) in [6.07, 6.45) is 4.16. The molecule has 1 nitrogen and oxygen atoms in total. The second-order valence-electron chi connectivity index (χ2n) is 4.27. The maximum atomic E-state index is 5.58. The van der Waals surface area contributed by atoms with Crippen molar-refractivity contribution in [1.82, 2.24) is 0 Å². The number of hydrogen-bond donors (Lipinski definition) is 0. The van der Waals surface area contributed by atoms with Crippen LogP contribution in [-0.4, -0.2) is 6.61 Å². The van der Waals surface area contributed by atoms with Gasteiger partial charge >= 0.3 is 0 Å². The Morgan fingerprint density at radius 2 is 1.92 bits per heavy atom. The first-order valence-corrected chi connectivity index (χ1v) is 4.77. The van der Waals surface area contributed by atoms with Gasteiger partial charge in [-0.25, -0.2) is 0 Å². The molecule has 0 bridgehead atoms. The molecular formula is C11H22O. The Kier molecular flexibility index (Phi) is 5.03. The molecule has 0 radical (unpaired) electrons. The van der Waals surface area contributed by atoms with Crippen molar-refractivity contribution >= 4 is 0 Å². The van der Waals surface area contributed by atoms with Crippen LogP contribution in [0.4, 0.5) is 0 Å². The molecule has 0 aromatic rings. The summed E-state index contributed by atoms with van der Waals surface area (Å²) < 4.78 is 5.58. The van der Waals surface area contributed by atoms with Crippen LogP contribution in [0.15, 0.2) is 11.8 Å². The quantitative estimate of drug-likeness (QED) is 0.584. The van der Waals surface area contributed by atoms with E-state index in [0.717, 1.165) is 25.2 Å². The molecule has 0 unspecified atom stereocenters. The summed E-state index contributed by atoms with van der Waals surface area (Å²) in [7, 11) is 0. The van der Waals surface area contributed by atoms with Crippen LogP contribution in [0, 0.1) is 5.41 Å². The van der Waals surface area contributed by atoms with Crippen molar-refractivity contribution in [2.45, 2.75) is 47.5 Å². The smallest absolute Gasteiger partial charge is 0.0914 e. The summed E-state index contributed by atoms with van der Waals surface area (Å²) >= 11 is 0. The van der Waals surface area contributed by atoms with Gasteiger partial charge in [0.2, 0.25) is 0 Å². The van der Waals surface area contributed by atoms with Crippen molar-refractivity contribution < 1.29 is 4.74 Å². The lowest BCUT2D eigenvalue weighted by Crippen LogP contribution is -2.09. The molecule has 0 saturated heterocycles. The predicted molar refractivity (Wildman–Crippen MR) is 54.1 cm³/mol. The summed E-state index contributed by atoms with van der Waals surface area (Å²) in [4.78, 5) is 0. The van der Waals surface area contributed by atoms with Crippen LogP contribution in [0.1, 0.15) is 47.5 Å². The Balaban J connectivity index is 3.56. The lowest BCUT2D eigenvalue weighted by atomic mass is 9.93. The second kappa shape index (κ2) is 5.23. The fourth-order valence-electron chi connectivity index (χ4n) is 0.878. The molecule has 0 aliphatic heterocycles. The Morgan fingerprint density at radius 3 is 2.25 bits per heavy atom. The molecule has 0 saturated carbocycles. The van der Waals surface area contributed by atoms with Crippen molar-refractivity contribution in [3.63, 3.8) is 0 Å². The first-order chi connectivity index (χ1) is 5.49. The third-order valence-electron chi connectivity index (χ3n) is 1.81. The van der Waals surface area contributed by atoms with Gasteiger partial charge in [0.15, 0.2) is 0 Å². The van der Waals surface area contributed by atoms with Gasteiger partial charge in [-0.15, -0.1) is 0 Å².